The summed E-state index contributed by atoms with van der Waals surface area (Å²) in [6.45, 7) is 0. The van der Waals surface area contributed by atoms with Crippen LogP contribution < -0.4 is 5.32 Å². The van der Waals surface area contributed by atoms with Crippen LogP contribution in [0.4, 0.5) is 5.69 Å². The molecule has 1 aliphatic heterocycles. The van der Waals surface area contributed by atoms with Gasteiger partial charge in [-0.3, -0.25) is 4.79 Å². The smallest absolute Gasteiger partial charge is 0.235 e. The highest BCUT2D eigenvalue weighted by Crippen LogP contribution is 2.46. The fourth-order valence-corrected chi connectivity index (χ4v) is 6.34. The van der Waals surface area contributed by atoms with Crippen LogP contribution in [0.3, 0.4) is 0 Å². The van der Waals surface area contributed by atoms with Crippen molar-refractivity contribution in [1.29, 1.82) is 0 Å². The van der Waals surface area contributed by atoms with E-state index < -0.39 is 0 Å². The van der Waals surface area contributed by atoms with Crippen molar-refractivity contribution in [3.63, 3.8) is 0 Å². The first-order valence-corrected chi connectivity index (χ1v) is 10.6. The van der Waals surface area contributed by atoms with Gasteiger partial charge in [0, 0.05) is 17.2 Å². The molecule has 0 aromatic heterocycles. The Bertz CT molecular complexity index is 721. The number of thioether (sulfide) groups is 2. The molecular weight excluding hydrogens is 334 g/mol. The van der Waals surface area contributed by atoms with Crippen molar-refractivity contribution in [2.24, 2.45) is 0 Å². The molecule has 24 heavy (non-hydrogen) atoms. The van der Waals surface area contributed by atoms with Crippen molar-refractivity contribution in [3.8, 4) is 0 Å². The molecule has 4 rings (SSSR count). The summed E-state index contributed by atoms with van der Waals surface area (Å²) >= 11 is 3.98. The highest BCUT2D eigenvalue weighted by molar-refractivity contribution is 8.19. The van der Waals surface area contributed by atoms with E-state index in [-0.39, 0.29) is 11.3 Å². The van der Waals surface area contributed by atoms with Gasteiger partial charge in [-0.2, -0.15) is 0 Å². The molecule has 1 N–H and O–H groups in total. The van der Waals surface area contributed by atoms with Crippen molar-refractivity contribution in [2.75, 3.05) is 16.8 Å². The molecule has 1 saturated heterocycles. The number of amides is 1. The van der Waals surface area contributed by atoms with Gasteiger partial charge in [0.05, 0.1) is 10.00 Å². The summed E-state index contributed by atoms with van der Waals surface area (Å²) in [5.41, 5.74) is 3.04. The molecule has 4 heteroatoms. The third-order valence-corrected chi connectivity index (χ3v) is 8.11. The lowest BCUT2D eigenvalue weighted by atomic mass is 9.64. The molecule has 1 heterocycles. The molecule has 124 valence electrons. The third-order valence-electron chi connectivity index (χ3n) is 5.01. The maximum Gasteiger partial charge on any atom is 0.235 e. The van der Waals surface area contributed by atoms with E-state index in [0.717, 1.165) is 30.5 Å². The van der Waals surface area contributed by atoms with Crippen LogP contribution in [-0.4, -0.2) is 17.4 Å². The highest BCUT2D eigenvalue weighted by Gasteiger charge is 2.45. The first kappa shape index (κ1) is 16.1. The molecule has 2 aromatic carbocycles. The summed E-state index contributed by atoms with van der Waals surface area (Å²) in [7, 11) is 0. The second-order valence-corrected chi connectivity index (χ2v) is 9.18. The van der Waals surface area contributed by atoms with Gasteiger partial charge in [-0.05, 0) is 36.1 Å². The molecule has 0 radical (unpaired) electrons. The fourth-order valence-electron chi connectivity index (χ4n) is 3.50. The van der Waals surface area contributed by atoms with Crippen molar-refractivity contribution in [3.05, 3.63) is 65.7 Å². The molecule has 0 bridgehead atoms. The van der Waals surface area contributed by atoms with Gasteiger partial charge in [0.2, 0.25) is 5.91 Å². The average molecular weight is 356 g/mol. The molecule has 1 saturated carbocycles. The molecule has 2 nitrogen and oxygen atoms in total. The Labute approximate surface area is 151 Å². The van der Waals surface area contributed by atoms with Gasteiger partial charge in [0.1, 0.15) is 0 Å². The van der Waals surface area contributed by atoms with Gasteiger partial charge in [-0.1, -0.05) is 48.9 Å². The molecule has 0 spiro atoms. The predicted molar refractivity (Wildman–Crippen MR) is 105 cm³/mol. The average Bonchev–Trinajstić information content (AvgIpc) is 3.10. The minimum Gasteiger partial charge on any atom is -0.325 e. The number of anilines is 1. The topological polar surface area (TPSA) is 29.1 Å². The van der Waals surface area contributed by atoms with E-state index in [1.165, 1.54) is 17.1 Å². The minimum atomic E-state index is -0.339. The summed E-state index contributed by atoms with van der Waals surface area (Å²) in [5, 5.41) is 3.19. The SMILES string of the molecule is O=C(Nc1cccc(C2SCCS2)c1)C1(c2ccccc2)CCC1. The summed E-state index contributed by atoms with van der Waals surface area (Å²) in [5.74, 6) is 2.57. The lowest BCUT2D eigenvalue weighted by Gasteiger charge is -2.40. The van der Waals surface area contributed by atoms with Crippen LogP contribution in [0.5, 0.6) is 0 Å². The van der Waals surface area contributed by atoms with Crippen LogP contribution in [0.15, 0.2) is 54.6 Å². The van der Waals surface area contributed by atoms with E-state index in [1.807, 2.05) is 47.8 Å². The monoisotopic (exact) mass is 355 g/mol. The number of nitrogens with one attached hydrogen (secondary N) is 1. The predicted octanol–water partition coefficient (Wildman–Crippen LogP) is 5.23. The summed E-state index contributed by atoms with van der Waals surface area (Å²) in [6.07, 6.45) is 3.01. The first-order chi connectivity index (χ1) is 11.8. The van der Waals surface area contributed by atoms with Crippen molar-refractivity contribution in [2.45, 2.75) is 29.3 Å². The lowest BCUT2D eigenvalue weighted by molar-refractivity contribution is -0.124. The maximum absolute atomic E-state index is 13.0. The molecule has 0 unspecified atom stereocenters. The van der Waals surface area contributed by atoms with Crippen LogP contribution in [0, 0.1) is 0 Å². The lowest BCUT2D eigenvalue weighted by Crippen LogP contribution is -2.45. The third kappa shape index (κ3) is 2.98. The summed E-state index contributed by atoms with van der Waals surface area (Å²) < 4.78 is 0.508. The molecular formula is C20H21NOS2. The van der Waals surface area contributed by atoms with Crippen LogP contribution in [0.2, 0.25) is 0 Å². The first-order valence-electron chi connectivity index (χ1n) is 8.48. The van der Waals surface area contributed by atoms with E-state index in [2.05, 4.69) is 35.6 Å². The second-order valence-electron chi connectivity index (χ2n) is 6.45. The molecule has 2 aliphatic rings. The zero-order valence-electron chi connectivity index (χ0n) is 13.5. The Balaban J connectivity index is 1.54. The molecule has 2 aromatic rings. The van der Waals surface area contributed by atoms with E-state index >= 15 is 0 Å². The van der Waals surface area contributed by atoms with Crippen molar-refractivity contribution < 1.29 is 4.79 Å². The molecule has 1 aliphatic carbocycles. The van der Waals surface area contributed by atoms with Crippen molar-refractivity contribution >= 4 is 35.1 Å². The van der Waals surface area contributed by atoms with Gasteiger partial charge >= 0.3 is 0 Å². The second kappa shape index (κ2) is 6.85. The normalized spacial score (nSPS) is 19.7. The number of hydrogen-bond acceptors (Lipinski definition) is 3. The number of carbonyl (C=O) groups is 1. The molecule has 2 fully saturated rings. The largest absolute Gasteiger partial charge is 0.325 e. The van der Waals surface area contributed by atoms with Crippen LogP contribution in [0.25, 0.3) is 0 Å². The Hall–Kier alpha value is -1.39. The quantitative estimate of drug-likeness (QED) is 0.814. The molecule has 1 amide bonds. The number of carbonyl (C=O) groups excluding carboxylic acids is 1. The Morgan fingerprint density at radius 2 is 1.75 bits per heavy atom. The van der Waals surface area contributed by atoms with Gasteiger partial charge in [-0.15, -0.1) is 23.5 Å². The standard InChI is InChI=1S/C20H21NOS2/c22-19(20(10-5-11-20)16-7-2-1-3-8-16)21-17-9-4-6-15(14-17)18-23-12-13-24-18/h1-4,6-9,14,18H,5,10-13H2,(H,21,22). The Morgan fingerprint density at radius 1 is 1.00 bits per heavy atom. The van der Waals surface area contributed by atoms with Crippen LogP contribution in [0.1, 0.15) is 35.0 Å². The zero-order chi connectivity index (χ0) is 16.4. The number of rotatable bonds is 4. The fraction of sp³-hybridized carbons (Fsp3) is 0.350. The van der Waals surface area contributed by atoms with Crippen molar-refractivity contribution in [1.82, 2.24) is 0 Å². The van der Waals surface area contributed by atoms with Crippen LogP contribution >= 0.6 is 23.5 Å². The number of hydrogen-bond donors (Lipinski definition) is 1. The van der Waals surface area contributed by atoms with Gasteiger partial charge in [0.15, 0.2) is 0 Å². The number of benzene rings is 2. The Morgan fingerprint density at radius 3 is 2.42 bits per heavy atom. The minimum absolute atomic E-state index is 0.142. The maximum atomic E-state index is 13.0. The zero-order valence-corrected chi connectivity index (χ0v) is 15.2. The van der Waals surface area contributed by atoms with E-state index in [9.17, 15) is 4.79 Å². The van der Waals surface area contributed by atoms with E-state index in [4.69, 9.17) is 0 Å². The van der Waals surface area contributed by atoms with E-state index in [1.54, 1.807) is 0 Å². The summed E-state index contributed by atoms with van der Waals surface area (Å²) in [4.78, 5) is 13.0. The van der Waals surface area contributed by atoms with Crippen LogP contribution in [-0.2, 0) is 10.2 Å². The van der Waals surface area contributed by atoms with Gasteiger partial charge in [0.25, 0.3) is 0 Å². The van der Waals surface area contributed by atoms with E-state index in [0.29, 0.717) is 4.58 Å². The summed E-state index contributed by atoms with van der Waals surface area (Å²) in [6, 6.07) is 18.6. The van der Waals surface area contributed by atoms with Gasteiger partial charge < -0.3 is 5.32 Å². The van der Waals surface area contributed by atoms with Gasteiger partial charge in [-0.25, -0.2) is 0 Å². The Kier molecular flexibility index (Phi) is 4.59. The highest BCUT2D eigenvalue weighted by atomic mass is 32.2. The molecule has 0 atom stereocenters.